The molecular formula is C28H36O6. The van der Waals surface area contributed by atoms with Gasteiger partial charge in [-0.3, -0.25) is 0 Å². The van der Waals surface area contributed by atoms with Gasteiger partial charge in [0.05, 0.1) is 18.3 Å². The van der Waals surface area contributed by atoms with E-state index in [1.54, 1.807) is 6.08 Å². The third-order valence-electron chi connectivity index (χ3n) is 5.83. The third kappa shape index (κ3) is 7.89. The van der Waals surface area contributed by atoms with E-state index in [1.807, 2.05) is 49.4 Å². The minimum atomic E-state index is -0.542. The Balaban J connectivity index is 1.52. The van der Waals surface area contributed by atoms with Crippen LogP contribution in [-0.2, 0) is 14.3 Å². The van der Waals surface area contributed by atoms with Crippen LogP contribution in [0, 0.1) is 5.92 Å². The highest BCUT2D eigenvalue weighted by Crippen LogP contribution is 2.32. The molecule has 0 spiro atoms. The van der Waals surface area contributed by atoms with E-state index >= 15 is 0 Å². The van der Waals surface area contributed by atoms with Gasteiger partial charge in [-0.25, -0.2) is 4.79 Å². The van der Waals surface area contributed by atoms with Crippen LogP contribution in [0.3, 0.4) is 0 Å². The van der Waals surface area contributed by atoms with Crippen molar-refractivity contribution in [1.29, 1.82) is 0 Å². The molecule has 3 atom stereocenters. The second kappa shape index (κ2) is 13.2. The SMILES string of the molecule is C=C(C)CCCC(O)COC1=CC2OC(=O)C(c3ccc(OCCCCCO)cc3)=CC2C=C1. The summed E-state index contributed by atoms with van der Waals surface area (Å²) < 4.78 is 17.1. The first-order valence-corrected chi connectivity index (χ1v) is 12.1. The number of fused-ring (bicyclic) bond motifs is 1. The van der Waals surface area contributed by atoms with E-state index in [2.05, 4.69) is 6.58 Å². The quantitative estimate of drug-likeness (QED) is 0.233. The number of unbranched alkanes of at least 4 members (excludes halogenated alkanes) is 2. The molecule has 2 aliphatic rings. The van der Waals surface area contributed by atoms with E-state index in [0.29, 0.717) is 24.4 Å². The Kier molecular flexibility index (Phi) is 9.98. The van der Waals surface area contributed by atoms with E-state index < -0.39 is 12.2 Å². The molecule has 2 N–H and O–H groups in total. The average Bonchev–Trinajstić information content (AvgIpc) is 2.82. The van der Waals surface area contributed by atoms with E-state index in [-0.39, 0.29) is 25.1 Å². The molecule has 1 aliphatic carbocycles. The van der Waals surface area contributed by atoms with Gasteiger partial charge in [-0.2, -0.15) is 0 Å². The van der Waals surface area contributed by atoms with Gasteiger partial charge in [0.25, 0.3) is 0 Å². The lowest BCUT2D eigenvalue weighted by Gasteiger charge is -2.29. The Labute approximate surface area is 202 Å². The van der Waals surface area contributed by atoms with Crippen LogP contribution in [0.2, 0.25) is 0 Å². The number of benzene rings is 1. The standard InChI is InChI=1S/C28H36O6/c1-20(2)7-6-8-23(30)19-33-25-14-11-22-17-26(28(31)34-27(22)18-25)21-9-12-24(13-10-21)32-16-5-3-4-15-29/h9-14,17-18,22-23,27,29-30H,1,3-8,15-16,19H2,2H3. The lowest BCUT2D eigenvalue weighted by atomic mass is 9.90. The second-order valence-corrected chi connectivity index (χ2v) is 8.93. The Hall–Kier alpha value is -2.83. The molecule has 1 aromatic rings. The molecule has 0 amide bonds. The van der Waals surface area contributed by atoms with Gasteiger partial charge in [-0.1, -0.05) is 29.9 Å². The van der Waals surface area contributed by atoms with Crippen LogP contribution in [0.25, 0.3) is 5.57 Å². The van der Waals surface area contributed by atoms with Crippen molar-refractivity contribution in [2.45, 2.75) is 57.7 Å². The van der Waals surface area contributed by atoms with Gasteiger partial charge < -0.3 is 24.4 Å². The first-order valence-electron chi connectivity index (χ1n) is 12.1. The molecule has 1 heterocycles. The lowest BCUT2D eigenvalue weighted by molar-refractivity contribution is -0.141. The van der Waals surface area contributed by atoms with E-state index in [1.165, 1.54) is 0 Å². The number of aliphatic hydroxyl groups is 2. The molecule has 1 aromatic carbocycles. The molecule has 1 aliphatic heterocycles. The van der Waals surface area contributed by atoms with Gasteiger partial charge in [-0.15, -0.1) is 6.58 Å². The molecule has 184 valence electrons. The maximum absolute atomic E-state index is 12.7. The highest BCUT2D eigenvalue weighted by molar-refractivity contribution is 6.17. The fraction of sp³-hybridized carbons (Fsp3) is 0.464. The number of rotatable bonds is 14. The zero-order valence-electron chi connectivity index (χ0n) is 19.9. The molecule has 0 saturated heterocycles. The molecule has 0 saturated carbocycles. The largest absolute Gasteiger partial charge is 0.494 e. The Bertz CT molecular complexity index is 911. The fourth-order valence-corrected chi connectivity index (χ4v) is 3.89. The summed E-state index contributed by atoms with van der Waals surface area (Å²) in [4.78, 5) is 12.7. The smallest absolute Gasteiger partial charge is 0.339 e. The van der Waals surface area contributed by atoms with E-state index in [0.717, 1.165) is 49.0 Å². The van der Waals surface area contributed by atoms with E-state index in [9.17, 15) is 9.90 Å². The molecule has 0 bridgehead atoms. The van der Waals surface area contributed by atoms with Crippen molar-refractivity contribution in [2.24, 2.45) is 5.92 Å². The number of allylic oxidation sites excluding steroid dienone is 2. The monoisotopic (exact) mass is 468 g/mol. The predicted octanol–water partition coefficient (Wildman–Crippen LogP) is 4.73. The van der Waals surface area contributed by atoms with Gasteiger partial charge in [0, 0.05) is 12.5 Å². The summed E-state index contributed by atoms with van der Waals surface area (Å²) in [5.74, 6) is 0.914. The normalized spacial score (nSPS) is 20.0. The minimum Gasteiger partial charge on any atom is -0.494 e. The van der Waals surface area contributed by atoms with Crippen LogP contribution in [0.15, 0.2) is 66.5 Å². The zero-order chi connectivity index (χ0) is 24.3. The third-order valence-corrected chi connectivity index (χ3v) is 5.83. The number of ether oxygens (including phenoxy) is 3. The second-order valence-electron chi connectivity index (χ2n) is 8.93. The zero-order valence-corrected chi connectivity index (χ0v) is 19.9. The summed E-state index contributed by atoms with van der Waals surface area (Å²) in [5, 5.41) is 18.9. The minimum absolute atomic E-state index is 0.0667. The van der Waals surface area contributed by atoms with Crippen LogP contribution in [-0.4, -0.2) is 48.2 Å². The topological polar surface area (TPSA) is 85.2 Å². The first-order chi connectivity index (χ1) is 16.5. The summed E-state index contributed by atoms with van der Waals surface area (Å²) in [6.07, 6.45) is 11.6. The first kappa shape index (κ1) is 25.8. The van der Waals surface area contributed by atoms with Gasteiger partial charge in [-0.05, 0) is 75.3 Å². The predicted molar refractivity (Wildman–Crippen MR) is 132 cm³/mol. The van der Waals surface area contributed by atoms with E-state index in [4.69, 9.17) is 19.3 Å². The Morgan fingerprint density at radius 2 is 1.91 bits per heavy atom. The van der Waals surface area contributed by atoms with Crippen molar-refractivity contribution < 1.29 is 29.2 Å². The van der Waals surface area contributed by atoms with Crippen LogP contribution >= 0.6 is 0 Å². The molecule has 3 unspecified atom stereocenters. The van der Waals surface area contributed by atoms with Gasteiger partial charge in [0.15, 0.2) is 0 Å². The molecule has 0 radical (unpaired) electrons. The maximum atomic E-state index is 12.7. The van der Waals surface area contributed by atoms with Crippen LogP contribution < -0.4 is 4.74 Å². The molecular weight excluding hydrogens is 432 g/mol. The van der Waals surface area contributed by atoms with Crippen LogP contribution in [0.5, 0.6) is 5.75 Å². The molecule has 6 nitrogen and oxygen atoms in total. The summed E-state index contributed by atoms with van der Waals surface area (Å²) in [5.41, 5.74) is 2.43. The highest BCUT2D eigenvalue weighted by Gasteiger charge is 2.31. The van der Waals surface area contributed by atoms with Crippen molar-refractivity contribution >= 4 is 11.5 Å². The van der Waals surface area contributed by atoms with Crippen molar-refractivity contribution in [1.82, 2.24) is 0 Å². The molecule has 34 heavy (non-hydrogen) atoms. The number of aliphatic hydroxyl groups excluding tert-OH is 2. The molecule has 3 rings (SSSR count). The van der Waals surface area contributed by atoms with Crippen molar-refractivity contribution in [3.05, 3.63) is 72.0 Å². The maximum Gasteiger partial charge on any atom is 0.339 e. The highest BCUT2D eigenvalue weighted by atomic mass is 16.5. The number of carbonyl (C=O) groups is 1. The number of esters is 1. The van der Waals surface area contributed by atoms with Gasteiger partial charge in [0.2, 0.25) is 0 Å². The molecule has 0 fully saturated rings. The summed E-state index contributed by atoms with van der Waals surface area (Å²) in [7, 11) is 0. The number of hydrogen-bond donors (Lipinski definition) is 2. The molecule has 6 heteroatoms. The fourth-order valence-electron chi connectivity index (χ4n) is 3.89. The molecule has 0 aromatic heterocycles. The summed E-state index contributed by atoms with van der Waals surface area (Å²) >= 11 is 0. The van der Waals surface area contributed by atoms with Gasteiger partial charge >= 0.3 is 5.97 Å². The summed E-state index contributed by atoms with van der Waals surface area (Å²) in [6, 6.07) is 7.43. The lowest BCUT2D eigenvalue weighted by Crippen LogP contribution is -2.30. The summed E-state index contributed by atoms with van der Waals surface area (Å²) in [6.45, 7) is 6.87. The van der Waals surface area contributed by atoms with Crippen LogP contribution in [0.4, 0.5) is 0 Å². The Morgan fingerprint density at radius 3 is 2.65 bits per heavy atom. The van der Waals surface area contributed by atoms with Gasteiger partial charge in [0.1, 0.15) is 24.2 Å². The number of hydrogen-bond acceptors (Lipinski definition) is 6. The average molecular weight is 469 g/mol. The van der Waals surface area contributed by atoms with Crippen LogP contribution in [0.1, 0.15) is 51.0 Å². The number of carbonyl (C=O) groups excluding carboxylic acids is 1. The Morgan fingerprint density at radius 1 is 1.12 bits per heavy atom. The van der Waals surface area contributed by atoms with Crippen molar-refractivity contribution in [2.75, 3.05) is 19.8 Å². The van der Waals surface area contributed by atoms with Crippen molar-refractivity contribution in [3.8, 4) is 5.75 Å². The van der Waals surface area contributed by atoms with Crippen molar-refractivity contribution in [3.63, 3.8) is 0 Å².